The van der Waals surface area contributed by atoms with Crippen LogP contribution in [0.2, 0.25) is 115 Å². The number of allylic oxidation sites excluding steroid dienone is 9. The molecule has 9 aliphatic rings. The quantitative estimate of drug-likeness (QED) is 0.0409. The summed E-state index contributed by atoms with van der Waals surface area (Å²) in [5.74, 6) is 12.3. The van der Waals surface area contributed by atoms with Gasteiger partial charge in [-0.05, 0) is 328 Å². The lowest BCUT2D eigenvalue weighted by Crippen LogP contribution is -2.44. The van der Waals surface area contributed by atoms with Gasteiger partial charge in [0, 0.05) is 56.7 Å². The molecule has 9 nitrogen and oxygen atoms in total. The van der Waals surface area contributed by atoms with Crippen molar-refractivity contribution in [3.05, 3.63) is 93.2 Å². The van der Waals surface area contributed by atoms with E-state index in [0.717, 1.165) is 51.4 Å². The van der Waals surface area contributed by atoms with Crippen LogP contribution in [0.4, 0.5) is 0 Å². The summed E-state index contributed by atoms with van der Waals surface area (Å²) in [6.45, 7) is 66.9. The summed E-state index contributed by atoms with van der Waals surface area (Å²) in [5, 5.41) is 29.8. The Hall–Kier alpha value is -1.58. The van der Waals surface area contributed by atoms with E-state index in [0.29, 0.717) is 83.9 Å². The van der Waals surface area contributed by atoms with Crippen LogP contribution in [0.3, 0.4) is 0 Å². The van der Waals surface area contributed by atoms with Crippen molar-refractivity contribution in [1.29, 1.82) is 0 Å². The number of rotatable bonds is 39. The first-order chi connectivity index (χ1) is 55.1. The van der Waals surface area contributed by atoms with E-state index in [1.54, 1.807) is 5.57 Å². The molecule has 15 heteroatoms. The number of aliphatic hydroxyl groups is 3. The molecule has 5 saturated carbocycles. The minimum absolute atomic E-state index is 0.0841. The largest absolute Gasteiger partial charge is 0.414 e. The molecule has 3 unspecified atom stereocenters. The van der Waals surface area contributed by atoms with Gasteiger partial charge >= 0.3 is 0 Å². The highest BCUT2D eigenvalue weighted by molar-refractivity contribution is 6.73. The van der Waals surface area contributed by atoms with Crippen LogP contribution in [0.25, 0.3) is 0 Å². The molecule has 9 aliphatic carbocycles. The zero-order chi connectivity index (χ0) is 86.5. The van der Waals surface area contributed by atoms with Gasteiger partial charge in [0.15, 0.2) is 49.9 Å². The fraction of sp³-hybridized carbons (Fsp3) is 0.824. The number of aliphatic hydroxyl groups excluding tert-OH is 3. The SMILES string of the molecule is C=C1/C(=C\C=C2/CCC[C@@]3(C)C2CC[C@@H]3[C@H](C)CO)C[C@@H](O[Si](C)(C)CCCC)C[C@@H]1O[Si](C)(C)CCCC.CCCC[Si](C)(C)O[C@@H]1CC(/C=C\C2=CCC[C@@]3(C)C2CC[C@@H]3[C@H](C)CO)=C(C)[C@@H](O[Si](C)(C)CCCC)C1.CCCC[Si](C)(C)O[C@@H]1CC(C#CC2=CCC[C@@]3(C)C2CC[C@@H]3[C@H](C)CO)=C(C)[C@@H](O[Si](C)(C)CCCC)C1. The third-order valence-corrected chi connectivity index (χ3v) is 46.2. The lowest BCUT2D eigenvalue weighted by atomic mass is 9.61. The standard InChI is InChI=1S/2C34H62O3Si2.C34H60O3Si2/c3*1-10-12-21-38(6,7)36-30-23-29(27(4)33(24-30)37-39(8,9)22-13-11-2)17-16-28-15-14-20-34(5)31(26(3)25-35)18-19-32(28)34/h15-17,26,30-33,35H,10-14,18-25H2,1-9H3;16-17,26,30-33,35H,4,10-15,18-25H2,1-3,5-9H3;15,26,30-33,35H,10-14,18-25H2,1-9H3/b17-16-;28-16+,29-17-;/t3*26-,30-,31-,32?,33+,34-/m111/s1. The van der Waals surface area contributed by atoms with E-state index in [1.807, 2.05) is 0 Å². The van der Waals surface area contributed by atoms with Crippen molar-refractivity contribution in [3.8, 4) is 11.8 Å². The molecule has 0 bridgehead atoms. The molecule has 0 aliphatic heterocycles. The zero-order valence-electron chi connectivity index (χ0n) is 80.9. The Kier molecular flexibility index (Phi) is 40.5. The molecule has 5 fully saturated rings. The molecule has 0 aromatic rings. The minimum atomic E-state index is -1.77. The molecule has 0 spiro atoms. The second kappa shape index (κ2) is 46.2. The van der Waals surface area contributed by atoms with E-state index in [1.165, 1.54) is 229 Å². The van der Waals surface area contributed by atoms with Crippen molar-refractivity contribution in [1.82, 2.24) is 0 Å². The Morgan fingerprint density at radius 3 is 1.27 bits per heavy atom. The van der Waals surface area contributed by atoms with Gasteiger partial charge in [0.05, 0.1) is 36.6 Å². The topological polar surface area (TPSA) is 116 Å². The Morgan fingerprint density at radius 2 is 0.821 bits per heavy atom. The van der Waals surface area contributed by atoms with Crippen LogP contribution in [0, 0.1) is 81.3 Å². The van der Waals surface area contributed by atoms with Crippen LogP contribution in [-0.2, 0) is 26.6 Å². The van der Waals surface area contributed by atoms with Crippen molar-refractivity contribution < 1.29 is 41.9 Å². The lowest BCUT2D eigenvalue weighted by Gasteiger charge is -2.44. The Balaban J connectivity index is 0.000000242. The van der Waals surface area contributed by atoms with Crippen molar-refractivity contribution in [2.75, 3.05) is 19.8 Å². The molecule has 0 aromatic carbocycles. The summed E-state index contributed by atoms with van der Waals surface area (Å²) in [6, 6.07) is 7.38. The highest BCUT2D eigenvalue weighted by Gasteiger charge is 2.54. The van der Waals surface area contributed by atoms with E-state index in [2.05, 4.69) is 230 Å². The normalized spacial score (nSPS) is 31.5. The van der Waals surface area contributed by atoms with Gasteiger partial charge in [-0.2, -0.15) is 0 Å². The van der Waals surface area contributed by atoms with E-state index in [4.69, 9.17) is 26.6 Å². The van der Waals surface area contributed by atoms with Crippen molar-refractivity contribution in [2.24, 2.45) is 69.5 Å². The van der Waals surface area contributed by atoms with Crippen LogP contribution < -0.4 is 0 Å². The molecule has 0 heterocycles. The molecular weight excluding hydrogens is 1540 g/mol. The number of fused-ring (bicyclic) bond motifs is 3. The smallest absolute Gasteiger partial charge is 0.187 e. The van der Waals surface area contributed by atoms with Gasteiger partial charge in [-0.3, -0.25) is 0 Å². The van der Waals surface area contributed by atoms with E-state index < -0.39 is 49.9 Å². The van der Waals surface area contributed by atoms with Crippen LogP contribution in [-0.4, -0.2) is 122 Å². The van der Waals surface area contributed by atoms with Gasteiger partial charge in [-0.15, -0.1) is 0 Å². The molecular formula is C102H184O9Si6. The molecule has 117 heavy (non-hydrogen) atoms. The number of unbranched alkanes of at least 4 members (excludes halogenated alkanes) is 6. The monoisotopic (exact) mass is 1720 g/mol. The Morgan fingerprint density at radius 1 is 0.444 bits per heavy atom. The maximum absolute atomic E-state index is 9.92. The maximum atomic E-state index is 9.92. The highest BCUT2D eigenvalue weighted by atomic mass is 28.4. The summed E-state index contributed by atoms with van der Waals surface area (Å²) in [4.78, 5) is 0. The second-order valence-electron chi connectivity index (χ2n) is 44.0. The second-order valence-corrected chi connectivity index (χ2v) is 69.5. The summed E-state index contributed by atoms with van der Waals surface area (Å²) in [6.07, 6.45) is 52.7. The van der Waals surface area contributed by atoms with Crippen LogP contribution >= 0.6 is 0 Å². The predicted octanol–water partition coefficient (Wildman–Crippen LogP) is 28.9. The molecule has 9 rings (SSSR count). The van der Waals surface area contributed by atoms with Crippen molar-refractivity contribution in [3.63, 3.8) is 0 Å². The average molecular weight is 1720 g/mol. The summed E-state index contributed by atoms with van der Waals surface area (Å²) in [5.41, 5.74) is 13.5. The van der Waals surface area contributed by atoms with Crippen LogP contribution in [0.5, 0.6) is 0 Å². The molecule has 670 valence electrons. The lowest BCUT2D eigenvalue weighted by molar-refractivity contribution is 0.0690. The van der Waals surface area contributed by atoms with Crippen LogP contribution in [0.1, 0.15) is 296 Å². The van der Waals surface area contributed by atoms with Gasteiger partial charge in [0.25, 0.3) is 0 Å². The zero-order valence-corrected chi connectivity index (χ0v) is 86.9. The fourth-order valence-electron chi connectivity index (χ4n) is 23.9. The predicted molar refractivity (Wildman–Crippen MR) is 518 cm³/mol. The first-order valence-electron chi connectivity index (χ1n) is 49.0. The van der Waals surface area contributed by atoms with Gasteiger partial charge in [0.1, 0.15) is 0 Å². The van der Waals surface area contributed by atoms with E-state index >= 15 is 0 Å². The molecule has 0 radical (unpaired) electrons. The average Bonchev–Trinajstić information content (AvgIpc) is 1.60. The van der Waals surface area contributed by atoms with Gasteiger partial charge in [-0.1, -0.05) is 221 Å². The van der Waals surface area contributed by atoms with E-state index in [-0.39, 0.29) is 42.0 Å². The maximum Gasteiger partial charge on any atom is 0.187 e. The minimum Gasteiger partial charge on any atom is -0.414 e. The fourth-order valence-corrected chi connectivity index (χ4v) is 38.2. The summed E-state index contributed by atoms with van der Waals surface area (Å²) >= 11 is 0. The molecule has 0 amide bonds. The first-order valence-corrected chi connectivity index (χ1v) is 67.7. The molecule has 0 saturated heterocycles. The Labute approximate surface area is 728 Å². The van der Waals surface area contributed by atoms with Gasteiger partial charge < -0.3 is 41.9 Å². The van der Waals surface area contributed by atoms with Gasteiger partial charge in [0.2, 0.25) is 0 Å². The van der Waals surface area contributed by atoms with Gasteiger partial charge in [-0.25, -0.2) is 0 Å². The van der Waals surface area contributed by atoms with Crippen molar-refractivity contribution >= 4 is 49.9 Å². The molecule has 3 N–H and O–H groups in total. The third-order valence-electron chi connectivity index (χ3n) is 31.1. The molecule has 18 atom stereocenters. The number of hydrogen-bond donors (Lipinski definition) is 3. The van der Waals surface area contributed by atoms with Crippen molar-refractivity contribution in [2.45, 2.75) is 447 Å². The molecule has 0 aromatic heterocycles. The summed E-state index contributed by atoms with van der Waals surface area (Å²) < 4.78 is 41.9. The first kappa shape index (κ1) is 102. The highest BCUT2D eigenvalue weighted by Crippen LogP contribution is 2.62. The Bertz CT molecular complexity index is 3400. The number of hydrogen-bond acceptors (Lipinski definition) is 9. The van der Waals surface area contributed by atoms with E-state index in [9.17, 15) is 15.3 Å². The third kappa shape index (κ3) is 29.0. The van der Waals surface area contributed by atoms with Crippen LogP contribution in [0.15, 0.2) is 93.2 Å². The summed E-state index contributed by atoms with van der Waals surface area (Å²) in [7, 11) is -10.4.